The van der Waals surface area contributed by atoms with E-state index in [1.165, 1.54) is 11.0 Å². The third kappa shape index (κ3) is 6.72. The standard InChI is InChI=1S/C21H23BrClFN2O3/c1-13(2)25-21(28)14(3)26(11-15-6-4-5-7-18(15)24)20(27)12-29-19-9-8-16(22)10-17(19)23/h4-10,13-14H,11-12H2,1-3H3,(H,25,28)/t14-/m0/s1. The van der Waals surface area contributed by atoms with E-state index in [9.17, 15) is 14.0 Å². The maximum Gasteiger partial charge on any atom is 0.261 e. The van der Waals surface area contributed by atoms with Gasteiger partial charge in [-0.05, 0) is 45.0 Å². The fraction of sp³-hybridized carbons (Fsp3) is 0.333. The molecule has 2 aromatic carbocycles. The number of amides is 2. The summed E-state index contributed by atoms with van der Waals surface area (Å²) in [4.78, 5) is 26.7. The number of carbonyl (C=O) groups excluding carboxylic acids is 2. The molecule has 1 atom stereocenters. The lowest BCUT2D eigenvalue weighted by Crippen LogP contribution is -2.50. The monoisotopic (exact) mass is 484 g/mol. The van der Waals surface area contributed by atoms with Crippen molar-refractivity contribution >= 4 is 39.3 Å². The molecule has 0 aromatic heterocycles. The van der Waals surface area contributed by atoms with Crippen molar-refractivity contribution in [3.63, 3.8) is 0 Å². The highest BCUT2D eigenvalue weighted by Crippen LogP contribution is 2.27. The number of rotatable bonds is 8. The predicted octanol–water partition coefficient (Wildman–Crippen LogP) is 4.56. The van der Waals surface area contributed by atoms with Gasteiger partial charge >= 0.3 is 0 Å². The van der Waals surface area contributed by atoms with Crippen molar-refractivity contribution in [2.24, 2.45) is 0 Å². The summed E-state index contributed by atoms with van der Waals surface area (Å²) in [6, 6.07) is 10.3. The summed E-state index contributed by atoms with van der Waals surface area (Å²) in [5.41, 5.74) is 0.312. The first-order valence-corrected chi connectivity index (χ1v) is 10.3. The molecule has 0 spiro atoms. The third-order valence-corrected chi connectivity index (χ3v) is 4.93. The molecular weight excluding hydrogens is 463 g/mol. The first-order valence-electron chi connectivity index (χ1n) is 9.10. The van der Waals surface area contributed by atoms with Crippen molar-refractivity contribution in [1.29, 1.82) is 0 Å². The molecule has 0 saturated carbocycles. The fourth-order valence-electron chi connectivity index (χ4n) is 2.61. The number of nitrogens with zero attached hydrogens (tertiary/aromatic N) is 1. The van der Waals surface area contributed by atoms with Crippen LogP contribution >= 0.6 is 27.5 Å². The summed E-state index contributed by atoms with van der Waals surface area (Å²) in [6.45, 7) is 4.85. The maximum absolute atomic E-state index is 14.1. The largest absolute Gasteiger partial charge is 0.482 e. The van der Waals surface area contributed by atoms with E-state index >= 15 is 0 Å². The molecule has 0 aliphatic carbocycles. The molecule has 29 heavy (non-hydrogen) atoms. The first-order chi connectivity index (χ1) is 13.7. The predicted molar refractivity (Wildman–Crippen MR) is 114 cm³/mol. The second-order valence-electron chi connectivity index (χ2n) is 6.82. The number of hydrogen-bond acceptors (Lipinski definition) is 3. The van der Waals surface area contributed by atoms with Crippen LogP contribution in [-0.2, 0) is 16.1 Å². The van der Waals surface area contributed by atoms with E-state index in [1.54, 1.807) is 43.3 Å². The third-order valence-electron chi connectivity index (χ3n) is 4.14. The molecule has 0 fully saturated rings. The van der Waals surface area contributed by atoms with Crippen LogP contribution in [0, 0.1) is 5.82 Å². The summed E-state index contributed by atoms with van der Waals surface area (Å²) < 4.78 is 20.5. The van der Waals surface area contributed by atoms with Gasteiger partial charge < -0.3 is 15.0 Å². The van der Waals surface area contributed by atoms with Gasteiger partial charge in [-0.3, -0.25) is 9.59 Å². The van der Waals surface area contributed by atoms with Gasteiger partial charge in [0.25, 0.3) is 5.91 Å². The minimum absolute atomic E-state index is 0.0599. The number of carbonyl (C=O) groups is 2. The van der Waals surface area contributed by atoms with Crippen molar-refractivity contribution < 1.29 is 18.7 Å². The van der Waals surface area contributed by atoms with Crippen molar-refractivity contribution in [2.75, 3.05) is 6.61 Å². The Labute approximate surface area is 183 Å². The zero-order chi connectivity index (χ0) is 21.6. The highest BCUT2D eigenvalue weighted by atomic mass is 79.9. The highest BCUT2D eigenvalue weighted by Gasteiger charge is 2.27. The van der Waals surface area contributed by atoms with Crippen LogP contribution in [0.5, 0.6) is 5.75 Å². The van der Waals surface area contributed by atoms with Gasteiger partial charge in [-0.1, -0.05) is 45.7 Å². The lowest BCUT2D eigenvalue weighted by molar-refractivity contribution is -0.142. The Morgan fingerprint density at radius 3 is 2.52 bits per heavy atom. The van der Waals surface area contributed by atoms with Gasteiger partial charge in [0.15, 0.2) is 6.61 Å². The molecule has 0 radical (unpaired) electrons. The van der Waals surface area contributed by atoms with Crippen molar-refractivity contribution in [3.05, 3.63) is 63.3 Å². The topological polar surface area (TPSA) is 58.6 Å². The molecule has 0 heterocycles. The van der Waals surface area contributed by atoms with E-state index in [0.29, 0.717) is 16.3 Å². The highest BCUT2D eigenvalue weighted by molar-refractivity contribution is 9.10. The summed E-state index contributed by atoms with van der Waals surface area (Å²) >= 11 is 9.42. The molecule has 8 heteroatoms. The van der Waals surface area contributed by atoms with Crippen LogP contribution < -0.4 is 10.1 Å². The molecule has 2 rings (SSSR count). The van der Waals surface area contributed by atoms with Crippen LogP contribution in [0.4, 0.5) is 4.39 Å². The summed E-state index contributed by atoms with van der Waals surface area (Å²) in [7, 11) is 0. The molecule has 0 aliphatic heterocycles. The number of hydrogen-bond donors (Lipinski definition) is 1. The van der Waals surface area contributed by atoms with Gasteiger partial charge in [0.1, 0.15) is 17.6 Å². The van der Waals surface area contributed by atoms with Crippen LogP contribution in [0.2, 0.25) is 5.02 Å². The molecule has 0 saturated heterocycles. The Bertz CT molecular complexity index is 879. The average molecular weight is 486 g/mol. The summed E-state index contributed by atoms with van der Waals surface area (Å²) in [5, 5.41) is 3.12. The van der Waals surface area contributed by atoms with Crippen LogP contribution in [-0.4, -0.2) is 35.4 Å². The second-order valence-corrected chi connectivity index (χ2v) is 8.14. The van der Waals surface area contributed by atoms with Crippen LogP contribution in [0.3, 0.4) is 0 Å². The Hall–Kier alpha value is -2.12. The maximum atomic E-state index is 14.1. The van der Waals surface area contributed by atoms with Crippen LogP contribution in [0.25, 0.3) is 0 Å². The van der Waals surface area contributed by atoms with E-state index in [4.69, 9.17) is 16.3 Å². The molecule has 5 nitrogen and oxygen atoms in total. The van der Waals surface area contributed by atoms with E-state index < -0.39 is 17.8 Å². The average Bonchev–Trinajstić information content (AvgIpc) is 2.65. The Kier molecular flexibility index (Phi) is 8.46. The fourth-order valence-corrected chi connectivity index (χ4v) is 3.34. The van der Waals surface area contributed by atoms with Gasteiger partial charge in [-0.15, -0.1) is 0 Å². The second kappa shape index (κ2) is 10.6. The molecular formula is C21H23BrClFN2O3. The van der Waals surface area contributed by atoms with Gasteiger partial charge in [-0.2, -0.15) is 0 Å². The van der Waals surface area contributed by atoms with Gasteiger partial charge in [0.2, 0.25) is 5.91 Å². The SMILES string of the molecule is CC(C)NC(=O)[C@H](C)N(Cc1ccccc1F)C(=O)COc1ccc(Br)cc1Cl. The Morgan fingerprint density at radius 1 is 1.21 bits per heavy atom. The first kappa shape index (κ1) is 23.2. The van der Waals surface area contributed by atoms with Crippen LogP contribution in [0.1, 0.15) is 26.3 Å². The smallest absolute Gasteiger partial charge is 0.261 e. The van der Waals surface area contributed by atoms with E-state index in [-0.39, 0.29) is 25.1 Å². The Balaban J connectivity index is 2.19. The normalized spacial score (nSPS) is 11.8. The number of halogens is 3. The molecule has 1 N–H and O–H groups in total. The zero-order valence-corrected chi connectivity index (χ0v) is 18.8. The molecule has 0 aliphatic rings. The summed E-state index contributed by atoms with van der Waals surface area (Å²) in [5.74, 6) is -0.892. The molecule has 156 valence electrons. The summed E-state index contributed by atoms with van der Waals surface area (Å²) in [6.07, 6.45) is 0. The lowest BCUT2D eigenvalue weighted by atomic mass is 10.1. The minimum Gasteiger partial charge on any atom is -0.482 e. The van der Waals surface area contributed by atoms with Crippen molar-refractivity contribution in [1.82, 2.24) is 10.2 Å². The van der Waals surface area contributed by atoms with Crippen molar-refractivity contribution in [3.8, 4) is 5.75 Å². The van der Waals surface area contributed by atoms with Gasteiger partial charge in [0.05, 0.1) is 5.02 Å². The molecule has 2 aromatic rings. The lowest BCUT2D eigenvalue weighted by Gasteiger charge is -2.29. The van der Waals surface area contributed by atoms with Crippen molar-refractivity contribution in [2.45, 2.75) is 39.4 Å². The van der Waals surface area contributed by atoms with Crippen LogP contribution in [0.15, 0.2) is 46.9 Å². The molecule has 0 bridgehead atoms. The van der Waals surface area contributed by atoms with E-state index in [2.05, 4.69) is 21.2 Å². The number of nitrogens with one attached hydrogen (secondary N) is 1. The quantitative estimate of drug-likeness (QED) is 0.596. The Morgan fingerprint density at radius 2 is 1.90 bits per heavy atom. The minimum atomic E-state index is -0.812. The molecule has 2 amide bonds. The van der Waals surface area contributed by atoms with Gasteiger partial charge in [-0.25, -0.2) is 4.39 Å². The van der Waals surface area contributed by atoms with E-state index in [1.807, 2.05) is 13.8 Å². The van der Waals surface area contributed by atoms with Gasteiger partial charge in [0, 0.05) is 22.6 Å². The molecule has 0 unspecified atom stereocenters. The van der Waals surface area contributed by atoms with E-state index in [0.717, 1.165) is 4.47 Å². The number of ether oxygens (including phenoxy) is 1. The zero-order valence-electron chi connectivity index (χ0n) is 16.4. The number of benzene rings is 2.